The lowest BCUT2D eigenvalue weighted by Crippen LogP contribution is -2.12. The smallest absolute Gasteiger partial charge is 0.298 e. The Morgan fingerprint density at radius 2 is 1.84 bits per heavy atom. The number of nitro benzene ring substituents is 1. The summed E-state index contributed by atoms with van der Waals surface area (Å²) >= 11 is 0. The highest BCUT2D eigenvalue weighted by Crippen LogP contribution is 2.37. The van der Waals surface area contributed by atoms with Crippen LogP contribution in [0.5, 0.6) is 0 Å². The number of nitro groups is 1. The normalized spacial score (nSPS) is 12.2. The monoisotopic (exact) mass is 317 g/mol. The van der Waals surface area contributed by atoms with Gasteiger partial charge in [0.2, 0.25) is 0 Å². The first-order valence-electron chi connectivity index (χ1n) is 4.28. The van der Waals surface area contributed by atoms with Gasteiger partial charge in [-0.1, -0.05) is 0 Å². The van der Waals surface area contributed by atoms with Crippen molar-refractivity contribution in [3.8, 4) is 0 Å². The van der Waals surface area contributed by atoms with E-state index in [-0.39, 0.29) is 12.4 Å². The molecular weight excluding hydrogens is 315 g/mol. The van der Waals surface area contributed by atoms with Crippen LogP contribution in [0.1, 0.15) is 15.9 Å². The molecule has 1 aromatic carbocycles. The van der Waals surface area contributed by atoms with Gasteiger partial charge in [0.1, 0.15) is 5.56 Å². The Hall–Kier alpha value is -1.68. The van der Waals surface area contributed by atoms with Crippen molar-refractivity contribution < 1.29 is 31.3 Å². The maximum atomic E-state index is 12.6. The second kappa shape index (κ2) is 4.78. The van der Waals surface area contributed by atoms with Crippen LogP contribution in [0.2, 0.25) is 0 Å². The van der Waals surface area contributed by atoms with Crippen LogP contribution in [-0.4, -0.2) is 19.6 Å². The highest BCUT2D eigenvalue weighted by atomic mass is 35.7. The second-order valence-electron chi connectivity index (χ2n) is 3.21. The van der Waals surface area contributed by atoms with Gasteiger partial charge < -0.3 is 0 Å². The minimum Gasteiger partial charge on any atom is -0.298 e. The molecule has 0 heterocycles. The molecule has 0 saturated carbocycles. The van der Waals surface area contributed by atoms with E-state index in [0.29, 0.717) is 6.07 Å². The zero-order valence-electron chi connectivity index (χ0n) is 8.64. The lowest BCUT2D eigenvalue weighted by atomic mass is 10.1. The fourth-order valence-electron chi connectivity index (χ4n) is 1.26. The van der Waals surface area contributed by atoms with E-state index in [1.54, 1.807) is 0 Å². The molecule has 0 fully saturated rings. The number of carbonyl (C=O) groups excluding carboxylic acids is 1. The molecule has 19 heavy (non-hydrogen) atoms. The van der Waals surface area contributed by atoms with Crippen LogP contribution in [0, 0.1) is 10.1 Å². The largest absolute Gasteiger partial charge is 0.417 e. The average molecular weight is 318 g/mol. The predicted molar refractivity (Wildman–Crippen MR) is 56.5 cm³/mol. The highest BCUT2D eigenvalue weighted by molar-refractivity contribution is 8.13. The molecule has 0 aliphatic heterocycles. The van der Waals surface area contributed by atoms with E-state index in [9.17, 15) is 36.5 Å². The van der Waals surface area contributed by atoms with Gasteiger partial charge in [-0.2, -0.15) is 13.2 Å². The van der Waals surface area contributed by atoms with Crippen molar-refractivity contribution in [2.75, 3.05) is 0 Å². The second-order valence-corrected chi connectivity index (χ2v) is 5.78. The van der Waals surface area contributed by atoms with E-state index in [0.717, 1.165) is 0 Å². The van der Waals surface area contributed by atoms with Crippen molar-refractivity contribution in [1.29, 1.82) is 0 Å². The van der Waals surface area contributed by atoms with E-state index in [4.69, 9.17) is 10.7 Å². The standard InChI is InChI=1S/C8H3ClF3NO5S/c9-19(17,18)4-1-6(8(10,11)12)5(3-14)7(2-4)13(15)16/h1-3H. The molecular formula is C8H3ClF3NO5S. The Morgan fingerprint density at radius 3 is 2.16 bits per heavy atom. The third-order valence-electron chi connectivity index (χ3n) is 2.03. The Morgan fingerprint density at radius 1 is 1.32 bits per heavy atom. The maximum absolute atomic E-state index is 12.6. The van der Waals surface area contributed by atoms with Crippen molar-refractivity contribution in [3.63, 3.8) is 0 Å². The van der Waals surface area contributed by atoms with Crippen LogP contribution in [0.3, 0.4) is 0 Å². The topological polar surface area (TPSA) is 94.3 Å². The Kier molecular flexibility index (Phi) is 3.87. The molecule has 0 amide bonds. The number of alkyl halides is 3. The Labute approximate surface area is 108 Å². The van der Waals surface area contributed by atoms with E-state index in [1.807, 2.05) is 0 Å². The van der Waals surface area contributed by atoms with Crippen LogP contribution in [0.4, 0.5) is 18.9 Å². The highest BCUT2D eigenvalue weighted by Gasteiger charge is 2.38. The van der Waals surface area contributed by atoms with Gasteiger partial charge in [-0.05, 0) is 6.07 Å². The van der Waals surface area contributed by atoms with Crippen molar-refractivity contribution in [3.05, 3.63) is 33.4 Å². The van der Waals surface area contributed by atoms with Crippen molar-refractivity contribution in [2.24, 2.45) is 0 Å². The molecule has 1 rings (SSSR count). The summed E-state index contributed by atoms with van der Waals surface area (Å²) in [6, 6.07) is 0.361. The molecule has 11 heteroatoms. The predicted octanol–water partition coefficient (Wildman–Crippen LogP) is 2.35. The first-order valence-corrected chi connectivity index (χ1v) is 6.59. The van der Waals surface area contributed by atoms with Gasteiger partial charge in [0, 0.05) is 16.7 Å². The minimum absolute atomic E-state index is 0.0685. The quantitative estimate of drug-likeness (QED) is 0.369. The number of aldehydes is 1. The van der Waals surface area contributed by atoms with E-state index >= 15 is 0 Å². The number of carbonyl (C=O) groups is 1. The van der Waals surface area contributed by atoms with Gasteiger partial charge >= 0.3 is 6.18 Å². The third-order valence-corrected chi connectivity index (χ3v) is 3.37. The zero-order chi connectivity index (χ0) is 15.0. The number of nitrogens with zero attached hydrogens (tertiary/aromatic N) is 1. The number of hydrogen-bond acceptors (Lipinski definition) is 5. The molecule has 1 aromatic rings. The SMILES string of the molecule is O=Cc1c([N+](=O)[O-])cc(S(=O)(=O)Cl)cc1C(F)(F)F. The summed E-state index contributed by atoms with van der Waals surface area (Å²) in [6.07, 6.45) is -5.51. The molecule has 0 N–H and O–H groups in total. The van der Waals surface area contributed by atoms with Gasteiger partial charge in [-0.15, -0.1) is 0 Å². The van der Waals surface area contributed by atoms with Gasteiger partial charge in [0.15, 0.2) is 6.29 Å². The average Bonchev–Trinajstić information content (AvgIpc) is 2.24. The first kappa shape index (κ1) is 15.4. The van der Waals surface area contributed by atoms with E-state index in [2.05, 4.69) is 0 Å². The lowest BCUT2D eigenvalue weighted by molar-refractivity contribution is -0.385. The number of hydrogen-bond donors (Lipinski definition) is 0. The summed E-state index contributed by atoms with van der Waals surface area (Å²) in [5.41, 5.74) is -4.29. The van der Waals surface area contributed by atoms with Crippen molar-refractivity contribution in [2.45, 2.75) is 11.1 Å². The summed E-state index contributed by atoms with van der Waals surface area (Å²) in [5.74, 6) is 0. The fraction of sp³-hybridized carbons (Fsp3) is 0.125. The molecule has 0 saturated heterocycles. The van der Waals surface area contributed by atoms with Crippen molar-refractivity contribution >= 4 is 31.7 Å². The Balaban J connectivity index is 3.85. The third kappa shape index (κ3) is 3.20. The van der Waals surface area contributed by atoms with Crippen molar-refractivity contribution in [1.82, 2.24) is 0 Å². The van der Waals surface area contributed by atoms with Crippen LogP contribution >= 0.6 is 10.7 Å². The van der Waals surface area contributed by atoms with Gasteiger partial charge in [0.05, 0.1) is 15.4 Å². The molecule has 6 nitrogen and oxygen atoms in total. The molecule has 0 atom stereocenters. The molecule has 104 valence electrons. The summed E-state index contributed by atoms with van der Waals surface area (Å²) < 4.78 is 59.8. The maximum Gasteiger partial charge on any atom is 0.417 e. The first-order chi connectivity index (χ1) is 8.48. The van der Waals surface area contributed by atoms with Gasteiger partial charge in [-0.25, -0.2) is 8.42 Å². The summed E-state index contributed by atoms with van der Waals surface area (Å²) in [6.45, 7) is 0. The molecule has 0 radical (unpaired) electrons. The molecule has 0 bridgehead atoms. The van der Waals surface area contributed by atoms with Gasteiger partial charge in [0.25, 0.3) is 14.7 Å². The fourth-order valence-corrected chi connectivity index (χ4v) is 2.04. The molecule has 0 aliphatic carbocycles. The molecule has 0 aliphatic rings. The number of rotatable bonds is 3. The van der Waals surface area contributed by atoms with E-state index in [1.165, 1.54) is 0 Å². The molecule has 0 unspecified atom stereocenters. The zero-order valence-corrected chi connectivity index (χ0v) is 10.2. The number of halogens is 4. The summed E-state index contributed by atoms with van der Waals surface area (Å²) in [4.78, 5) is 18.7. The molecule has 0 aromatic heterocycles. The van der Waals surface area contributed by atoms with Gasteiger partial charge in [-0.3, -0.25) is 14.9 Å². The lowest BCUT2D eigenvalue weighted by Gasteiger charge is -2.10. The van der Waals surface area contributed by atoms with E-state index < -0.39 is 41.9 Å². The van der Waals surface area contributed by atoms with Crippen LogP contribution in [-0.2, 0) is 15.2 Å². The van der Waals surface area contributed by atoms with Crippen LogP contribution in [0.25, 0.3) is 0 Å². The minimum atomic E-state index is -5.14. The van der Waals surface area contributed by atoms with Crippen LogP contribution < -0.4 is 0 Å². The van der Waals surface area contributed by atoms with Crippen LogP contribution in [0.15, 0.2) is 17.0 Å². The summed E-state index contributed by atoms with van der Waals surface area (Å²) in [7, 11) is 0.232. The Bertz CT molecular complexity index is 655. The summed E-state index contributed by atoms with van der Waals surface area (Å²) in [5, 5.41) is 10.6. The number of benzene rings is 1. The molecule has 0 spiro atoms.